The molecule has 1 aromatic heterocycles. The van der Waals surface area contributed by atoms with E-state index in [4.69, 9.17) is 9.47 Å². The van der Waals surface area contributed by atoms with Gasteiger partial charge in [0.05, 0.1) is 39.3 Å². The van der Waals surface area contributed by atoms with Crippen molar-refractivity contribution in [1.29, 1.82) is 0 Å². The summed E-state index contributed by atoms with van der Waals surface area (Å²) in [6.45, 7) is 8.98. The normalized spacial score (nSPS) is 14.2. The minimum Gasteiger partial charge on any atom is -0.448 e. The first-order valence-electron chi connectivity index (χ1n) is 14.2. The van der Waals surface area contributed by atoms with Crippen LogP contribution in [0.4, 0.5) is 9.59 Å². The van der Waals surface area contributed by atoms with E-state index < -0.39 is 40.0 Å². The molecule has 43 heavy (non-hydrogen) atoms. The highest BCUT2D eigenvalue weighted by molar-refractivity contribution is 7.89. The number of aliphatic hydroxyl groups excluding tert-OH is 1. The van der Waals surface area contributed by atoms with Crippen LogP contribution in [0.25, 0.3) is 10.2 Å². The van der Waals surface area contributed by atoms with Gasteiger partial charge in [0.25, 0.3) is 0 Å². The second-order valence-electron chi connectivity index (χ2n) is 11.4. The Bertz CT molecular complexity index is 1440. The van der Waals surface area contributed by atoms with Crippen LogP contribution >= 0.6 is 11.3 Å². The van der Waals surface area contributed by atoms with Crippen LogP contribution in [-0.4, -0.2) is 79.0 Å². The SMILES string of the molecule is CC[C@H](C)CN(C[C@@H](O)[C@H](Cc1ccccc1)NC(=O)OCCNC(=O)OC(C)(C)C)S(=O)(=O)c1ccc2ncsc2c1. The molecule has 3 rings (SSSR count). The molecule has 0 aliphatic heterocycles. The van der Waals surface area contributed by atoms with E-state index >= 15 is 0 Å². The number of hydrogen-bond donors (Lipinski definition) is 3. The number of amides is 2. The fourth-order valence-electron chi connectivity index (χ4n) is 4.18. The van der Waals surface area contributed by atoms with Crippen LogP contribution in [0.3, 0.4) is 0 Å². The topological polar surface area (TPSA) is 147 Å². The zero-order valence-electron chi connectivity index (χ0n) is 25.3. The number of carbonyl (C=O) groups excluding carboxylic acids is 2. The number of ether oxygens (including phenoxy) is 2. The van der Waals surface area contributed by atoms with Crippen LogP contribution in [0.1, 0.15) is 46.6 Å². The molecule has 3 atom stereocenters. The van der Waals surface area contributed by atoms with Gasteiger partial charge in [-0.05, 0) is 56.9 Å². The van der Waals surface area contributed by atoms with Gasteiger partial charge in [-0.25, -0.2) is 23.0 Å². The van der Waals surface area contributed by atoms with Gasteiger partial charge in [0.1, 0.15) is 12.2 Å². The number of thiazole rings is 1. The molecule has 3 N–H and O–H groups in total. The summed E-state index contributed by atoms with van der Waals surface area (Å²) in [6.07, 6.45) is -1.73. The fraction of sp³-hybridized carbons (Fsp3) is 0.500. The molecule has 0 fully saturated rings. The Morgan fingerprint density at radius 3 is 2.49 bits per heavy atom. The summed E-state index contributed by atoms with van der Waals surface area (Å²) < 4.78 is 40.1. The number of sulfonamides is 1. The zero-order valence-corrected chi connectivity index (χ0v) is 26.9. The van der Waals surface area contributed by atoms with Crippen molar-refractivity contribution in [2.45, 2.75) is 70.1 Å². The summed E-state index contributed by atoms with van der Waals surface area (Å²) in [5.74, 6) is 0.0251. The van der Waals surface area contributed by atoms with Crippen LogP contribution in [0.2, 0.25) is 0 Å². The Morgan fingerprint density at radius 1 is 1.09 bits per heavy atom. The molecule has 2 aromatic carbocycles. The number of alkyl carbamates (subject to hydrolysis) is 2. The van der Waals surface area contributed by atoms with Gasteiger partial charge in [0.15, 0.2) is 0 Å². The van der Waals surface area contributed by atoms with E-state index in [0.29, 0.717) is 5.52 Å². The number of carbonyl (C=O) groups is 2. The molecule has 0 aliphatic rings. The Labute approximate surface area is 257 Å². The molecule has 13 heteroatoms. The lowest BCUT2D eigenvalue weighted by atomic mass is 10.0. The molecule has 2 amide bonds. The number of nitrogens with zero attached hydrogens (tertiary/aromatic N) is 2. The maximum atomic E-state index is 13.8. The van der Waals surface area contributed by atoms with Crippen molar-refractivity contribution >= 4 is 43.8 Å². The molecule has 1 heterocycles. The molecule has 3 aromatic rings. The van der Waals surface area contributed by atoms with Crippen molar-refractivity contribution in [3.05, 3.63) is 59.6 Å². The van der Waals surface area contributed by atoms with E-state index in [1.165, 1.54) is 21.7 Å². The van der Waals surface area contributed by atoms with Crippen LogP contribution in [-0.2, 0) is 25.9 Å². The molecule has 0 aliphatic carbocycles. The first-order valence-corrected chi connectivity index (χ1v) is 16.6. The fourth-order valence-corrected chi connectivity index (χ4v) is 6.58. The lowest BCUT2D eigenvalue weighted by Gasteiger charge is -2.31. The van der Waals surface area contributed by atoms with Gasteiger partial charge < -0.3 is 25.2 Å². The molecule has 0 saturated carbocycles. The van der Waals surface area contributed by atoms with E-state index in [2.05, 4.69) is 15.6 Å². The number of nitrogens with one attached hydrogen (secondary N) is 2. The standard InChI is InChI=1S/C30H42N4O7S2/c1-6-21(2)18-34(43(38,39)23-12-13-24-27(17-23)42-20-32-24)19-26(35)25(16-22-10-8-7-9-11-22)33-29(37)40-15-14-31-28(36)41-30(3,4)5/h7-13,17,20-21,25-26,35H,6,14-16,18-19H2,1-5H3,(H,31,36)(H,33,37)/t21-,25-,26+/m0/s1. The van der Waals surface area contributed by atoms with Gasteiger partial charge in [-0.15, -0.1) is 11.3 Å². The monoisotopic (exact) mass is 634 g/mol. The third-order valence-corrected chi connectivity index (χ3v) is 9.23. The predicted octanol–water partition coefficient (Wildman–Crippen LogP) is 4.56. The van der Waals surface area contributed by atoms with Gasteiger partial charge in [-0.1, -0.05) is 50.6 Å². The van der Waals surface area contributed by atoms with Crippen molar-refractivity contribution in [3.63, 3.8) is 0 Å². The van der Waals surface area contributed by atoms with Crippen molar-refractivity contribution in [3.8, 4) is 0 Å². The molecule has 0 bridgehead atoms. The second kappa shape index (κ2) is 15.5. The Kier molecular flexibility index (Phi) is 12.3. The van der Waals surface area contributed by atoms with Crippen molar-refractivity contribution in [1.82, 2.24) is 19.9 Å². The van der Waals surface area contributed by atoms with E-state index in [1.807, 2.05) is 44.2 Å². The molecule has 0 spiro atoms. The first-order chi connectivity index (χ1) is 20.3. The van der Waals surface area contributed by atoms with Gasteiger partial charge in [-0.2, -0.15) is 4.31 Å². The zero-order chi connectivity index (χ0) is 31.6. The highest BCUT2D eigenvalue weighted by Crippen LogP contribution is 2.25. The van der Waals surface area contributed by atoms with Crippen LogP contribution in [0, 0.1) is 5.92 Å². The molecular formula is C30H42N4O7S2. The quantitative estimate of drug-likeness (QED) is 0.219. The highest BCUT2D eigenvalue weighted by Gasteiger charge is 2.32. The van der Waals surface area contributed by atoms with E-state index in [-0.39, 0.29) is 43.5 Å². The predicted molar refractivity (Wildman–Crippen MR) is 166 cm³/mol. The Hall–Kier alpha value is -3.26. The lowest BCUT2D eigenvalue weighted by Crippen LogP contribution is -2.51. The lowest BCUT2D eigenvalue weighted by molar-refractivity contribution is 0.0508. The van der Waals surface area contributed by atoms with Gasteiger partial charge in [0, 0.05) is 13.1 Å². The summed E-state index contributed by atoms with van der Waals surface area (Å²) >= 11 is 1.35. The number of rotatable bonds is 14. The Morgan fingerprint density at radius 2 is 1.81 bits per heavy atom. The Balaban J connectivity index is 1.74. The molecule has 236 valence electrons. The van der Waals surface area contributed by atoms with E-state index in [1.54, 1.807) is 38.4 Å². The van der Waals surface area contributed by atoms with Crippen LogP contribution in [0.15, 0.2) is 58.9 Å². The summed E-state index contributed by atoms with van der Waals surface area (Å²) in [6, 6.07) is 13.2. The number of aliphatic hydroxyl groups is 1. The van der Waals surface area contributed by atoms with Crippen molar-refractivity contribution < 1.29 is 32.6 Å². The van der Waals surface area contributed by atoms with Gasteiger partial charge in [-0.3, -0.25) is 0 Å². The van der Waals surface area contributed by atoms with Crippen LogP contribution in [0.5, 0.6) is 0 Å². The van der Waals surface area contributed by atoms with Crippen LogP contribution < -0.4 is 10.6 Å². The highest BCUT2D eigenvalue weighted by atomic mass is 32.2. The maximum absolute atomic E-state index is 13.8. The average Bonchev–Trinajstić information content (AvgIpc) is 3.42. The number of fused-ring (bicyclic) bond motifs is 1. The average molecular weight is 635 g/mol. The smallest absolute Gasteiger partial charge is 0.407 e. The molecule has 0 unspecified atom stereocenters. The van der Waals surface area contributed by atoms with E-state index in [9.17, 15) is 23.1 Å². The minimum absolute atomic E-state index is 0.0251. The second-order valence-corrected chi connectivity index (χ2v) is 14.2. The molecular weight excluding hydrogens is 592 g/mol. The maximum Gasteiger partial charge on any atom is 0.407 e. The van der Waals surface area contributed by atoms with Crippen molar-refractivity contribution in [2.75, 3.05) is 26.2 Å². The molecule has 0 radical (unpaired) electrons. The first kappa shape index (κ1) is 34.2. The number of aromatic nitrogens is 1. The number of hydrogen-bond acceptors (Lipinski definition) is 9. The summed E-state index contributed by atoms with van der Waals surface area (Å²) in [7, 11) is -3.99. The largest absolute Gasteiger partial charge is 0.448 e. The third kappa shape index (κ3) is 10.8. The van der Waals surface area contributed by atoms with E-state index in [0.717, 1.165) is 16.7 Å². The summed E-state index contributed by atoms with van der Waals surface area (Å²) in [5, 5.41) is 16.6. The molecule has 11 nitrogen and oxygen atoms in total. The van der Waals surface area contributed by atoms with Gasteiger partial charge >= 0.3 is 12.2 Å². The third-order valence-electron chi connectivity index (χ3n) is 6.61. The van der Waals surface area contributed by atoms with Gasteiger partial charge in [0.2, 0.25) is 10.0 Å². The van der Waals surface area contributed by atoms with Crippen molar-refractivity contribution in [2.24, 2.45) is 5.92 Å². The minimum atomic E-state index is -3.99. The number of benzene rings is 2. The molecule has 0 saturated heterocycles. The summed E-state index contributed by atoms with van der Waals surface area (Å²) in [4.78, 5) is 28.9. The summed E-state index contributed by atoms with van der Waals surface area (Å²) in [5.41, 5.74) is 2.55.